The van der Waals surface area contributed by atoms with Crippen LogP contribution in [0.2, 0.25) is 0 Å². The van der Waals surface area contributed by atoms with E-state index in [9.17, 15) is 9.90 Å². The number of fused-ring (bicyclic) bond motifs is 1. The van der Waals surface area contributed by atoms with E-state index in [4.69, 9.17) is 13.9 Å². The van der Waals surface area contributed by atoms with Crippen LogP contribution in [-0.4, -0.2) is 56.2 Å². The lowest BCUT2D eigenvalue weighted by Crippen LogP contribution is -2.40. The molecule has 7 heteroatoms. The Bertz CT molecular complexity index is 881. The first kappa shape index (κ1) is 21.0. The number of aliphatic hydroxyl groups is 1. The number of unbranched alkanes of at least 4 members (excludes halogenated alkanes) is 1. The maximum absolute atomic E-state index is 12.9. The maximum Gasteiger partial charge on any atom is 0.197 e. The maximum atomic E-state index is 12.9. The Kier molecular flexibility index (Phi) is 6.91. The first-order chi connectivity index (χ1) is 13.5. The zero-order chi connectivity index (χ0) is 20.3. The van der Waals surface area contributed by atoms with E-state index >= 15 is 0 Å². The lowest BCUT2D eigenvalue weighted by Gasteiger charge is -2.34. The quantitative estimate of drug-likeness (QED) is 0.556. The average molecular weight is 408 g/mol. The second-order valence-corrected chi connectivity index (χ2v) is 8.35. The highest BCUT2D eigenvalue weighted by atomic mass is 32.2. The molecule has 2 aromatic rings. The van der Waals surface area contributed by atoms with Crippen molar-refractivity contribution in [3.8, 4) is 11.5 Å². The van der Waals surface area contributed by atoms with E-state index < -0.39 is 6.10 Å². The van der Waals surface area contributed by atoms with Crippen molar-refractivity contribution in [2.24, 2.45) is 0 Å². The van der Waals surface area contributed by atoms with E-state index in [1.165, 1.54) is 24.9 Å². The number of hydrogen-bond donors (Lipinski definition) is 1. The number of rotatable bonds is 7. The average Bonchev–Trinajstić information content (AvgIpc) is 2.67. The summed E-state index contributed by atoms with van der Waals surface area (Å²) in [4.78, 5) is 15.0. The van der Waals surface area contributed by atoms with Gasteiger partial charge in [-0.05, 0) is 26.4 Å². The van der Waals surface area contributed by atoms with Crippen LogP contribution in [0.4, 0.5) is 0 Å². The van der Waals surface area contributed by atoms with E-state index in [1.807, 2.05) is 7.05 Å². The molecule has 2 atom stereocenters. The fraction of sp³-hybridized carbons (Fsp3) is 0.571. The third-order valence-corrected chi connectivity index (χ3v) is 6.26. The van der Waals surface area contributed by atoms with Crippen LogP contribution in [0, 0.1) is 0 Å². The zero-order valence-corrected chi connectivity index (χ0v) is 17.8. The highest BCUT2D eigenvalue weighted by molar-refractivity contribution is 7.99. The summed E-state index contributed by atoms with van der Waals surface area (Å²) < 4.78 is 17.3. The molecule has 1 fully saturated rings. The third-order valence-electron chi connectivity index (χ3n) is 5.28. The van der Waals surface area contributed by atoms with E-state index in [0.717, 1.165) is 37.1 Å². The summed E-state index contributed by atoms with van der Waals surface area (Å²) in [6.07, 6.45) is 2.33. The minimum absolute atomic E-state index is 0.136. The second kappa shape index (κ2) is 9.20. The number of β-amino-alcohol motifs (C(OH)–C–C–N with tert-alkyl or cyclic N) is 1. The number of likely N-dealkylation sites (N-methyl/N-ethyl adjacent to an activating group) is 1. The second-order valence-electron chi connectivity index (χ2n) is 7.26. The number of benzene rings is 1. The minimum Gasteiger partial charge on any atom is -0.496 e. The predicted molar refractivity (Wildman–Crippen MR) is 112 cm³/mol. The van der Waals surface area contributed by atoms with E-state index in [1.54, 1.807) is 13.2 Å². The van der Waals surface area contributed by atoms with Crippen molar-refractivity contribution in [1.82, 2.24) is 4.90 Å². The Morgan fingerprint density at radius 1 is 1.29 bits per heavy atom. The molecule has 0 saturated carbocycles. The summed E-state index contributed by atoms with van der Waals surface area (Å²) in [5.41, 5.74) is 1.09. The lowest BCUT2D eigenvalue weighted by molar-refractivity contribution is 0.0630. The van der Waals surface area contributed by atoms with Crippen molar-refractivity contribution < 1.29 is 19.0 Å². The van der Waals surface area contributed by atoms with Crippen LogP contribution in [0.15, 0.2) is 26.4 Å². The molecule has 28 heavy (non-hydrogen) atoms. The van der Waals surface area contributed by atoms with Gasteiger partial charge in [0.2, 0.25) is 0 Å². The van der Waals surface area contributed by atoms with Gasteiger partial charge in [-0.2, -0.15) is 0 Å². The molecule has 154 valence electrons. The van der Waals surface area contributed by atoms with Crippen molar-refractivity contribution >= 4 is 22.7 Å². The fourth-order valence-electron chi connectivity index (χ4n) is 3.77. The predicted octanol–water partition coefficient (Wildman–Crippen LogP) is 3.48. The standard InChI is InChI=1S/C21H29NO5S/c1-5-6-9-28-18-10-14(23)20-17(26-4)11-16(25-3)19(21(20)27-18)13-7-8-22(2)12-15(13)24/h10-11,13,15,24H,5-9,12H2,1-4H3/t13-,15+/m1/s1. The van der Waals surface area contributed by atoms with Crippen LogP contribution in [0.5, 0.6) is 11.5 Å². The molecule has 6 nitrogen and oxygen atoms in total. The third kappa shape index (κ3) is 4.16. The van der Waals surface area contributed by atoms with E-state index in [2.05, 4.69) is 11.8 Å². The summed E-state index contributed by atoms with van der Waals surface area (Å²) in [5, 5.41) is 11.8. The van der Waals surface area contributed by atoms with Gasteiger partial charge in [-0.1, -0.05) is 25.1 Å². The van der Waals surface area contributed by atoms with Gasteiger partial charge in [0.1, 0.15) is 22.5 Å². The summed E-state index contributed by atoms with van der Waals surface area (Å²) in [6.45, 7) is 3.55. The van der Waals surface area contributed by atoms with Crippen molar-refractivity contribution in [3.63, 3.8) is 0 Å². The van der Waals surface area contributed by atoms with Gasteiger partial charge in [0, 0.05) is 35.9 Å². The van der Waals surface area contributed by atoms with Crippen LogP contribution in [0.25, 0.3) is 11.0 Å². The molecule has 0 bridgehead atoms. The molecule has 0 amide bonds. The van der Waals surface area contributed by atoms with Crippen LogP contribution in [-0.2, 0) is 0 Å². The van der Waals surface area contributed by atoms with Crippen LogP contribution in [0.3, 0.4) is 0 Å². The van der Waals surface area contributed by atoms with Crippen molar-refractivity contribution in [1.29, 1.82) is 0 Å². The van der Waals surface area contributed by atoms with Gasteiger partial charge in [0.15, 0.2) is 10.5 Å². The van der Waals surface area contributed by atoms with E-state index in [-0.39, 0.29) is 11.3 Å². The first-order valence-electron chi connectivity index (χ1n) is 9.72. The molecule has 0 unspecified atom stereocenters. The number of thioether (sulfide) groups is 1. The molecular weight excluding hydrogens is 378 g/mol. The summed E-state index contributed by atoms with van der Waals surface area (Å²) >= 11 is 1.54. The smallest absolute Gasteiger partial charge is 0.197 e. The van der Waals surface area contributed by atoms with Crippen molar-refractivity contribution in [3.05, 3.63) is 27.9 Å². The fourth-order valence-corrected chi connectivity index (χ4v) is 4.74. The largest absolute Gasteiger partial charge is 0.496 e. The monoisotopic (exact) mass is 407 g/mol. The highest BCUT2D eigenvalue weighted by Gasteiger charge is 2.33. The Morgan fingerprint density at radius 3 is 2.68 bits per heavy atom. The zero-order valence-electron chi connectivity index (χ0n) is 17.0. The molecule has 1 aromatic carbocycles. The minimum atomic E-state index is -0.564. The molecule has 2 heterocycles. The van der Waals surface area contributed by atoms with E-state index in [0.29, 0.717) is 34.1 Å². The molecule has 1 aliphatic rings. The molecule has 3 rings (SSSR count). The normalized spacial score (nSPS) is 20.5. The number of methoxy groups -OCH3 is 2. The van der Waals surface area contributed by atoms with Crippen molar-refractivity contribution in [2.75, 3.05) is 40.1 Å². The van der Waals surface area contributed by atoms with Gasteiger partial charge in [0.25, 0.3) is 0 Å². The van der Waals surface area contributed by atoms with Gasteiger partial charge in [-0.3, -0.25) is 4.79 Å². The molecule has 1 N–H and O–H groups in total. The molecule has 1 aliphatic heterocycles. The number of hydrogen-bond acceptors (Lipinski definition) is 7. The first-order valence-corrected chi connectivity index (χ1v) is 10.7. The Hall–Kier alpha value is -1.70. The molecule has 1 saturated heterocycles. The Morgan fingerprint density at radius 2 is 2.04 bits per heavy atom. The van der Waals surface area contributed by atoms with Crippen LogP contribution >= 0.6 is 11.8 Å². The summed E-state index contributed by atoms with van der Waals surface area (Å²) in [6, 6.07) is 3.26. The van der Waals surface area contributed by atoms with Gasteiger partial charge < -0.3 is 23.9 Å². The van der Waals surface area contributed by atoms with Gasteiger partial charge in [0.05, 0.1) is 20.3 Å². The number of likely N-dealkylation sites (tertiary alicyclic amines) is 1. The molecular formula is C21H29NO5S. The molecule has 0 aliphatic carbocycles. The molecule has 0 radical (unpaired) electrons. The van der Waals surface area contributed by atoms with Crippen LogP contribution in [0.1, 0.15) is 37.7 Å². The molecule has 0 spiro atoms. The topological polar surface area (TPSA) is 72.1 Å². The van der Waals surface area contributed by atoms with Gasteiger partial charge in [-0.25, -0.2) is 0 Å². The number of ether oxygens (including phenoxy) is 2. The summed E-state index contributed by atoms with van der Waals surface area (Å²) in [5.74, 6) is 1.73. The number of piperidine rings is 1. The SMILES string of the molecule is CCCCSc1cc(=O)c2c(OC)cc(OC)c([C@@H]3CCN(C)C[C@@H]3O)c2o1. The Balaban J connectivity index is 2.20. The number of aliphatic hydroxyl groups excluding tert-OH is 1. The highest BCUT2D eigenvalue weighted by Crippen LogP contribution is 2.43. The summed E-state index contributed by atoms with van der Waals surface area (Å²) in [7, 11) is 5.11. The molecule has 1 aromatic heterocycles. The van der Waals surface area contributed by atoms with Gasteiger partial charge >= 0.3 is 0 Å². The van der Waals surface area contributed by atoms with Crippen molar-refractivity contribution in [2.45, 2.75) is 43.3 Å². The van der Waals surface area contributed by atoms with Crippen LogP contribution < -0.4 is 14.9 Å². The number of nitrogens with zero attached hydrogens (tertiary/aromatic N) is 1. The Labute approximate surface area is 169 Å². The lowest BCUT2D eigenvalue weighted by atomic mass is 9.85. The van der Waals surface area contributed by atoms with Gasteiger partial charge in [-0.15, -0.1) is 0 Å².